The van der Waals surface area contributed by atoms with Gasteiger partial charge in [-0.1, -0.05) is 23.9 Å². The van der Waals surface area contributed by atoms with Crippen LogP contribution in [0.1, 0.15) is 15.9 Å². The van der Waals surface area contributed by atoms with Crippen molar-refractivity contribution in [3.05, 3.63) is 65.2 Å². The van der Waals surface area contributed by atoms with E-state index in [0.29, 0.717) is 11.8 Å². The summed E-state index contributed by atoms with van der Waals surface area (Å²) in [5, 5.41) is 0. The van der Waals surface area contributed by atoms with Gasteiger partial charge in [0.1, 0.15) is 17.9 Å². The average Bonchev–Trinajstić information content (AvgIpc) is 2.46. The van der Waals surface area contributed by atoms with E-state index in [9.17, 15) is 13.6 Å². The number of nitrogens with zero attached hydrogens (tertiary/aromatic N) is 1. The lowest BCUT2D eigenvalue weighted by atomic mass is 10.1. The van der Waals surface area contributed by atoms with Crippen LogP contribution in [0.4, 0.5) is 14.5 Å². The highest BCUT2D eigenvalue weighted by Gasteiger charge is 2.13. The molecular formula is C17H17F2NOS. The molecule has 0 atom stereocenters. The van der Waals surface area contributed by atoms with Crippen LogP contribution in [0.5, 0.6) is 0 Å². The van der Waals surface area contributed by atoms with E-state index in [-0.39, 0.29) is 17.9 Å². The van der Waals surface area contributed by atoms with Gasteiger partial charge in [-0.05, 0) is 36.6 Å². The van der Waals surface area contributed by atoms with Crippen molar-refractivity contribution < 1.29 is 13.6 Å². The molecule has 0 aliphatic rings. The Bertz CT molecular complexity index is 783. The standard InChI is InChI=1S/C17H17F2NOS/c1-22(2,3)20(16-8-6-15(18)7-9-16)11-14-5-4-13(12-21)10-17(14)19/h4-10,12H,1-2,11H2,3H3. The van der Waals surface area contributed by atoms with Gasteiger partial charge in [-0.25, -0.2) is 8.78 Å². The highest BCUT2D eigenvalue weighted by molar-refractivity contribution is 8.28. The van der Waals surface area contributed by atoms with Crippen LogP contribution in [-0.4, -0.2) is 24.3 Å². The maximum atomic E-state index is 14.1. The molecule has 0 aliphatic heterocycles. The molecule has 5 heteroatoms. The summed E-state index contributed by atoms with van der Waals surface area (Å²) in [5.41, 5.74) is 1.44. The topological polar surface area (TPSA) is 20.3 Å². The molecule has 0 unspecified atom stereocenters. The molecule has 0 amide bonds. The van der Waals surface area contributed by atoms with Crippen molar-refractivity contribution in [3.63, 3.8) is 0 Å². The maximum Gasteiger partial charge on any atom is 0.150 e. The third-order valence-corrected chi connectivity index (χ3v) is 4.58. The summed E-state index contributed by atoms with van der Waals surface area (Å²) in [6, 6.07) is 10.3. The molecule has 116 valence electrons. The molecule has 22 heavy (non-hydrogen) atoms. The minimum Gasteiger partial charge on any atom is -0.324 e. The number of anilines is 1. The first-order valence-electron chi connectivity index (χ1n) is 6.52. The van der Waals surface area contributed by atoms with Crippen molar-refractivity contribution in [2.24, 2.45) is 0 Å². The van der Waals surface area contributed by atoms with Gasteiger partial charge in [0.2, 0.25) is 0 Å². The summed E-state index contributed by atoms with van der Waals surface area (Å²) in [4.78, 5) is 10.7. The summed E-state index contributed by atoms with van der Waals surface area (Å²) in [6.45, 7) is 0.245. The van der Waals surface area contributed by atoms with Crippen molar-refractivity contribution in [1.82, 2.24) is 0 Å². The lowest BCUT2D eigenvalue weighted by molar-refractivity contribution is 0.112. The quantitative estimate of drug-likeness (QED) is 0.613. The zero-order valence-corrected chi connectivity index (χ0v) is 13.1. The predicted octanol–water partition coefficient (Wildman–Crippen LogP) is 4.00. The second kappa shape index (κ2) is 6.32. The summed E-state index contributed by atoms with van der Waals surface area (Å²) in [6.07, 6.45) is 2.47. The van der Waals surface area contributed by atoms with Gasteiger partial charge in [0, 0.05) is 16.8 Å². The van der Waals surface area contributed by atoms with E-state index in [1.54, 1.807) is 24.3 Å². The van der Waals surface area contributed by atoms with Gasteiger partial charge in [0.15, 0.2) is 0 Å². The number of aldehydes is 1. The Kier molecular flexibility index (Phi) is 4.66. The van der Waals surface area contributed by atoms with Gasteiger partial charge in [0.25, 0.3) is 0 Å². The van der Waals surface area contributed by atoms with E-state index < -0.39 is 15.2 Å². The normalized spacial score (nSPS) is 11.2. The molecule has 2 aromatic rings. The van der Waals surface area contributed by atoms with E-state index in [1.807, 2.05) is 10.6 Å². The Balaban J connectivity index is 2.40. The van der Waals surface area contributed by atoms with E-state index in [0.717, 1.165) is 5.69 Å². The Morgan fingerprint density at radius 3 is 2.27 bits per heavy atom. The van der Waals surface area contributed by atoms with Crippen LogP contribution in [0, 0.1) is 11.6 Å². The van der Waals surface area contributed by atoms with Crippen LogP contribution in [0.15, 0.2) is 42.5 Å². The van der Waals surface area contributed by atoms with Gasteiger partial charge in [-0.15, -0.1) is 9.39 Å². The molecule has 0 saturated carbocycles. The molecule has 0 heterocycles. The number of halogens is 2. The molecule has 0 aromatic heterocycles. The summed E-state index contributed by atoms with van der Waals surface area (Å²) in [7, 11) is -1.69. The number of benzene rings is 2. The molecule has 0 N–H and O–H groups in total. The number of hydrogen-bond donors (Lipinski definition) is 0. The highest BCUT2D eigenvalue weighted by Crippen LogP contribution is 2.32. The SMILES string of the molecule is C=S(=C)(C)N(Cc1ccc(C=O)cc1F)c1ccc(F)cc1. The molecule has 0 saturated heterocycles. The van der Waals surface area contributed by atoms with Crippen LogP contribution in [0.25, 0.3) is 0 Å². The van der Waals surface area contributed by atoms with Crippen molar-refractivity contribution in [2.75, 3.05) is 10.6 Å². The van der Waals surface area contributed by atoms with Crippen molar-refractivity contribution in [3.8, 4) is 0 Å². The fraction of sp³-hybridized carbons (Fsp3) is 0.118. The van der Waals surface area contributed by atoms with Crippen molar-refractivity contribution >= 4 is 33.1 Å². The lowest BCUT2D eigenvalue weighted by Crippen LogP contribution is -2.19. The molecular weight excluding hydrogens is 304 g/mol. The Morgan fingerprint density at radius 2 is 1.77 bits per heavy atom. The lowest BCUT2D eigenvalue weighted by Gasteiger charge is -2.30. The van der Waals surface area contributed by atoms with Crippen LogP contribution in [0.3, 0.4) is 0 Å². The molecule has 0 spiro atoms. The van der Waals surface area contributed by atoms with E-state index in [4.69, 9.17) is 0 Å². The average molecular weight is 321 g/mol. The summed E-state index contributed by atoms with van der Waals surface area (Å²) < 4.78 is 29.0. The number of rotatable bonds is 5. The van der Waals surface area contributed by atoms with Gasteiger partial charge in [-0.3, -0.25) is 4.79 Å². The second-order valence-corrected chi connectivity index (χ2v) is 8.09. The van der Waals surface area contributed by atoms with Crippen LogP contribution in [-0.2, 0) is 6.54 Å². The maximum absolute atomic E-state index is 14.1. The highest BCUT2D eigenvalue weighted by atomic mass is 32.2. The molecule has 0 radical (unpaired) electrons. The van der Waals surface area contributed by atoms with Crippen molar-refractivity contribution in [2.45, 2.75) is 6.54 Å². The molecule has 0 aliphatic carbocycles. The van der Waals surface area contributed by atoms with Gasteiger partial charge in [-0.2, -0.15) is 0 Å². The van der Waals surface area contributed by atoms with Gasteiger partial charge >= 0.3 is 0 Å². The Hall–Kier alpha value is -2.14. The number of carbonyl (C=O) groups is 1. The van der Waals surface area contributed by atoms with Crippen LogP contribution >= 0.6 is 9.39 Å². The largest absolute Gasteiger partial charge is 0.324 e. The third kappa shape index (κ3) is 3.74. The van der Waals surface area contributed by atoms with Crippen molar-refractivity contribution in [1.29, 1.82) is 0 Å². The molecule has 0 bridgehead atoms. The zero-order valence-electron chi connectivity index (χ0n) is 12.3. The van der Waals surface area contributed by atoms with Gasteiger partial charge < -0.3 is 4.31 Å². The van der Waals surface area contributed by atoms with Gasteiger partial charge in [0.05, 0.1) is 6.54 Å². The van der Waals surface area contributed by atoms with Crippen LogP contribution in [0.2, 0.25) is 0 Å². The molecule has 2 aromatic carbocycles. The minimum absolute atomic E-state index is 0.245. The first-order chi connectivity index (χ1) is 10.3. The summed E-state index contributed by atoms with van der Waals surface area (Å²) in [5.74, 6) is 7.31. The molecule has 2 rings (SSSR count). The minimum atomic E-state index is -1.69. The number of hydrogen-bond acceptors (Lipinski definition) is 2. The third-order valence-electron chi connectivity index (χ3n) is 3.17. The van der Waals surface area contributed by atoms with E-state index >= 15 is 0 Å². The van der Waals surface area contributed by atoms with E-state index in [2.05, 4.69) is 11.7 Å². The zero-order chi connectivity index (χ0) is 16.3. The fourth-order valence-electron chi connectivity index (χ4n) is 2.03. The molecule has 2 nitrogen and oxygen atoms in total. The Morgan fingerprint density at radius 1 is 1.14 bits per heavy atom. The Labute approximate surface area is 129 Å². The molecule has 0 fully saturated rings. The predicted molar refractivity (Wildman–Crippen MR) is 92.1 cm³/mol. The number of carbonyl (C=O) groups excluding carboxylic acids is 1. The smallest absolute Gasteiger partial charge is 0.150 e. The van der Waals surface area contributed by atoms with Crippen LogP contribution < -0.4 is 4.31 Å². The monoisotopic (exact) mass is 321 g/mol. The fourth-order valence-corrected chi connectivity index (χ4v) is 3.11. The summed E-state index contributed by atoms with van der Waals surface area (Å²) >= 11 is 0. The first kappa shape index (κ1) is 16.2. The van der Waals surface area contributed by atoms with E-state index in [1.165, 1.54) is 18.2 Å². The second-order valence-electron chi connectivity index (χ2n) is 5.20. The first-order valence-corrected chi connectivity index (χ1v) is 8.86.